The van der Waals surface area contributed by atoms with Crippen molar-refractivity contribution >= 4 is 16.8 Å². The van der Waals surface area contributed by atoms with E-state index in [1.807, 2.05) is 31.2 Å². The molecule has 0 bridgehead atoms. The second kappa shape index (κ2) is 5.75. The summed E-state index contributed by atoms with van der Waals surface area (Å²) in [5.41, 5.74) is 2.14. The average molecular weight is 281 g/mol. The molecule has 0 aliphatic rings. The smallest absolute Gasteiger partial charge is 0.297 e. The molecule has 0 aliphatic carbocycles. The number of fused-ring (bicyclic) bond motifs is 1. The van der Waals surface area contributed by atoms with Gasteiger partial charge in [0.05, 0.1) is 24.2 Å². The lowest BCUT2D eigenvalue weighted by Crippen LogP contribution is -2.13. The Kier molecular flexibility index (Phi) is 3.64. The van der Waals surface area contributed by atoms with Crippen LogP contribution in [-0.2, 0) is 6.54 Å². The maximum atomic E-state index is 12.3. The molecule has 5 nitrogen and oxygen atoms in total. The van der Waals surface area contributed by atoms with Crippen molar-refractivity contribution in [1.82, 2.24) is 14.5 Å². The van der Waals surface area contributed by atoms with Gasteiger partial charge in [-0.25, -0.2) is 0 Å². The molecule has 0 spiro atoms. The Morgan fingerprint density at radius 3 is 2.76 bits per heavy atom. The third kappa shape index (κ3) is 2.63. The number of ketones is 1. The highest BCUT2D eigenvalue weighted by molar-refractivity contribution is 5.95. The van der Waals surface area contributed by atoms with Gasteiger partial charge >= 0.3 is 0 Å². The standard InChI is InChI=1S/C16H15N3O2/c1-2-21-16-18-12-7-3-4-9-14(12)19(16)11-15(20)13-8-5-6-10-17-13/h3-10H,2,11H2,1H3. The fraction of sp³-hybridized carbons (Fsp3) is 0.188. The monoisotopic (exact) mass is 281 g/mol. The van der Waals surface area contributed by atoms with Gasteiger partial charge in [0, 0.05) is 6.20 Å². The van der Waals surface area contributed by atoms with Crippen molar-refractivity contribution in [3.05, 3.63) is 54.4 Å². The molecule has 0 atom stereocenters. The SMILES string of the molecule is CCOc1nc2ccccc2n1CC(=O)c1ccccn1. The number of aromatic nitrogens is 3. The number of hydrogen-bond donors (Lipinski definition) is 0. The van der Waals surface area contributed by atoms with Gasteiger partial charge in [-0.3, -0.25) is 14.3 Å². The number of hydrogen-bond acceptors (Lipinski definition) is 4. The van der Waals surface area contributed by atoms with Gasteiger partial charge < -0.3 is 4.74 Å². The van der Waals surface area contributed by atoms with Crippen LogP contribution in [0.25, 0.3) is 11.0 Å². The molecule has 0 fully saturated rings. The van der Waals surface area contributed by atoms with Crippen molar-refractivity contribution in [1.29, 1.82) is 0 Å². The predicted molar refractivity (Wildman–Crippen MR) is 79.5 cm³/mol. The van der Waals surface area contributed by atoms with Gasteiger partial charge in [0.1, 0.15) is 5.69 Å². The molecule has 0 saturated heterocycles. The molecule has 21 heavy (non-hydrogen) atoms. The van der Waals surface area contributed by atoms with E-state index in [-0.39, 0.29) is 12.3 Å². The first-order valence-corrected chi connectivity index (χ1v) is 6.82. The summed E-state index contributed by atoms with van der Waals surface area (Å²) in [6, 6.07) is 13.4. The molecule has 0 N–H and O–H groups in total. The minimum atomic E-state index is -0.0697. The van der Waals surface area contributed by atoms with Gasteiger partial charge in [0.25, 0.3) is 6.01 Å². The minimum Gasteiger partial charge on any atom is -0.465 e. The van der Waals surface area contributed by atoms with E-state index in [2.05, 4.69) is 9.97 Å². The largest absolute Gasteiger partial charge is 0.465 e. The van der Waals surface area contributed by atoms with Crippen LogP contribution >= 0.6 is 0 Å². The summed E-state index contributed by atoms with van der Waals surface area (Å²) in [7, 11) is 0. The lowest BCUT2D eigenvalue weighted by Gasteiger charge is -2.08. The van der Waals surface area contributed by atoms with Crippen molar-refractivity contribution in [2.24, 2.45) is 0 Å². The minimum absolute atomic E-state index is 0.0697. The number of rotatable bonds is 5. The molecule has 0 unspecified atom stereocenters. The Balaban J connectivity index is 1.99. The summed E-state index contributed by atoms with van der Waals surface area (Å²) < 4.78 is 7.33. The summed E-state index contributed by atoms with van der Waals surface area (Å²) in [6.07, 6.45) is 1.61. The van der Waals surface area contributed by atoms with E-state index in [9.17, 15) is 4.79 Å². The van der Waals surface area contributed by atoms with Crippen LogP contribution in [-0.4, -0.2) is 26.9 Å². The Hall–Kier alpha value is -2.69. The quantitative estimate of drug-likeness (QED) is 0.675. The number of nitrogens with zero attached hydrogens (tertiary/aromatic N) is 3. The lowest BCUT2D eigenvalue weighted by molar-refractivity contribution is 0.0964. The zero-order valence-corrected chi connectivity index (χ0v) is 11.7. The summed E-state index contributed by atoms with van der Waals surface area (Å²) >= 11 is 0. The van der Waals surface area contributed by atoms with Crippen LogP contribution in [0.4, 0.5) is 0 Å². The number of pyridine rings is 1. The van der Waals surface area contributed by atoms with Gasteiger partial charge in [-0.2, -0.15) is 4.98 Å². The van der Waals surface area contributed by atoms with E-state index >= 15 is 0 Å². The highest BCUT2D eigenvalue weighted by atomic mass is 16.5. The molecule has 2 aromatic heterocycles. The lowest BCUT2D eigenvalue weighted by atomic mass is 10.2. The average Bonchev–Trinajstić information content (AvgIpc) is 2.86. The molecular weight excluding hydrogens is 266 g/mol. The van der Waals surface area contributed by atoms with Crippen molar-refractivity contribution < 1.29 is 9.53 Å². The molecule has 3 rings (SSSR count). The maximum absolute atomic E-state index is 12.3. The number of carbonyl (C=O) groups is 1. The van der Waals surface area contributed by atoms with Gasteiger partial charge in [0.2, 0.25) is 5.78 Å². The number of Topliss-reactive ketones (excluding diaryl/α,β-unsaturated/α-hetero) is 1. The second-order valence-corrected chi connectivity index (χ2v) is 4.54. The van der Waals surface area contributed by atoms with Crippen LogP contribution in [0.1, 0.15) is 17.4 Å². The van der Waals surface area contributed by atoms with E-state index in [1.54, 1.807) is 29.0 Å². The molecule has 0 saturated carbocycles. The zero-order chi connectivity index (χ0) is 14.7. The predicted octanol–water partition coefficient (Wildman–Crippen LogP) is 2.71. The number of ether oxygens (including phenoxy) is 1. The number of para-hydroxylation sites is 2. The molecule has 2 heterocycles. The fourth-order valence-corrected chi connectivity index (χ4v) is 2.20. The summed E-state index contributed by atoms with van der Waals surface area (Å²) in [5.74, 6) is -0.0697. The van der Waals surface area contributed by atoms with Gasteiger partial charge in [-0.1, -0.05) is 18.2 Å². The Morgan fingerprint density at radius 1 is 1.19 bits per heavy atom. The van der Waals surface area contributed by atoms with Gasteiger partial charge in [-0.15, -0.1) is 0 Å². The Labute approximate surface area is 122 Å². The molecule has 0 aliphatic heterocycles. The molecule has 5 heteroatoms. The van der Waals surface area contributed by atoms with Crippen LogP contribution in [0, 0.1) is 0 Å². The third-order valence-electron chi connectivity index (χ3n) is 3.15. The van der Waals surface area contributed by atoms with Gasteiger partial charge in [-0.05, 0) is 31.2 Å². The van der Waals surface area contributed by atoms with Gasteiger partial charge in [0.15, 0.2) is 0 Å². The number of carbonyl (C=O) groups excluding carboxylic acids is 1. The van der Waals surface area contributed by atoms with E-state index in [1.165, 1.54) is 0 Å². The van der Waals surface area contributed by atoms with Crippen LogP contribution < -0.4 is 4.74 Å². The molecule has 0 radical (unpaired) electrons. The first-order chi connectivity index (χ1) is 10.3. The van der Waals surface area contributed by atoms with Crippen molar-refractivity contribution in [3.8, 4) is 6.01 Å². The van der Waals surface area contributed by atoms with Crippen molar-refractivity contribution in [3.63, 3.8) is 0 Å². The number of imidazole rings is 1. The zero-order valence-electron chi connectivity index (χ0n) is 11.7. The first kappa shape index (κ1) is 13.3. The second-order valence-electron chi connectivity index (χ2n) is 4.54. The van der Waals surface area contributed by atoms with Crippen molar-refractivity contribution in [2.45, 2.75) is 13.5 Å². The Morgan fingerprint density at radius 2 is 2.00 bits per heavy atom. The van der Waals surface area contributed by atoms with E-state index < -0.39 is 0 Å². The topological polar surface area (TPSA) is 57.0 Å². The number of benzene rings is 1. The fourth-order valence-electron chi connectivity index (χ4n) is 2.20. The molecule has 3 aromatic rings. The summed E-state index contributed by atoms with van der Waals surface area (Å²) in [4.78, 5) is 20.9. The molecule has 0 amide bonds. The summed E-state index contributed by atoms with van der Waals surface area (Å²) in [6.45, 7) is 2.55. The molecule has 106 valence electrons. The van der Waals surface area contributed by atoms with Crippen molar-refractivity contribution in [2.75, 3.05) is 6.61 Å². The van der Waals surface area contributed by atoms with Crippen LogP contribution in [0.15, 0.2) is 48.7 Å². The van der Waals surface area contributed by atoms with E-state index in [4.69, 9.17) is 4.74 Å². The van der Waals surface area contributed by atoms with Crippen LogP contribution in [0.3, 0.4) is 0 Å². The highest BCUT2D eigenvalue weighted by Gasteiger charge is 2.15. The van der Waals surface area contributed by atoms with Crippen LogP contribution in [0.2, 0.25) is 0 Å². The Bertz CT molecular complexity index is 766. The summed E-state index contributed by atoms with van der Waals surface area (Å²) in [5, 5.41) is 0. The normalized spacial score (nSPS) is 10.7. The first-order valence-electron chi connectivity index (χ1n) is 6.82. The highest BCUT2D eigenvalue weighted by Crippen LogP contribution is 2.21. The maximum Gasteiger partial charge on any atom is 0.297 e. The third-order valence-corrected chi connectivity index (χ3v) is 3.15. The van der Waals surface area contributed by atoms with E-state index in [0.29, 0.717) is 18.3 Å². The van der Waals surface area contributed by atoms with E-state index in [0.717, 1.165) is 11.0 Å². The van der Waals surface area contributed by atoms with Crippen LogP contribution in [0.5, 0.6) is 6.01 Å². The molecular formula is C16H15N3O2. The molecule has 1 aromatic carbocycles.